The van der Waals surface area contributed by atoms with Gasteiger partial charge in [0.2, 0.25) is 0 Å². The van der Waals surface area contributed by atoms with E-state index in [1.165, 1.54) is 12.1 Å². The van der Waals surface area contributed by atoms with Crippen molar-refractivity contribution in [1.29, 1.82) is 0 Å². The molecule has 0 fully saturated rings. The van der Waals surface area contributed by atoms with Crippen molar-refractivity contribution in [2.75, 3.05) is 0 Å². The van der Waals surface area contributed by atoms with Gasteiger partial charge in [-0.2, -0.15) is 22.0 Å². The molecule has 0 aliphatic rings. The highest BCUT2D eigenvalue weighted by molar-refractivity contribution is 6.31. The van der Waals surface area contributed by atoms with E-state index in [1.54, 1.807) is 0 Å². The summed E-state index contributed by atoms with van der Waals surface area (Å²) in [4.78, 5) is 3.09. The highest BCUT2D eigenvalue weighted by Gasteiger charge is 2.62. The molecule has 0 radical (unpaired) electrons. The Hall–Kier alpha value is -1.37. The van der Waals surface area contributed by atoms with Gasteiger partial charge in [-0.1, -0.05) is 11.6 Å². The Labute approximate surface area is 96.0 Å². The highest BCUT2D eigenvalue weighted by Crippen LogP contribution is 2.44. The van der Waals surface area contributed by atoms with Gasteiger partial charge in [-0.15, -0.1) is 0 Å². The molecule has 1 aromatic carbocycles. The van der Waals surface area contributed by atoms with Crippen LogP contribution in [0.2, 0.25) is 5.02 Å². The summed E-state index contributed by atoms with van der Waals surface area (Å²) in [6, 6.07) is 3.60. The number of nitrogens with zero attached hydrogens (tertiary/aromatic N) is 1. The Morgan fingerprint density at radius 3 is 2.35 bits per heavy atom. The largest absolute Gasteiger partial charge is 0.463 e. The maximum atomic E-state index is 12.9. The van der Waals surface area contributed by atoms with E-state index in [4.69, 9.17) is 11.6 Å². The van der Waals surface area contributed by atoms with Crippen LogP contribution in [-0.4, -0.2) is 11.2 Å². The minimum atomic E-state index is -5.75. The van der Waals surface area contributed by atoms with Gasteiger partial charge in [0.15, 0.2) is 5.58 Å². The van der Waals surface area contributed by atoms with Gasteiger partial charge in [0.25, 0.3) is 5.89 Å². The average molecular weight is 272 g/mol. The number of fused-ring (bicyclic) bond motifs is 1. The van der Waals surface area contributed by atoms with Crippen LogP contribution >= 0.6 is 11.6 Å². The van der Waals surface area contributed by atoms with E-state index in [9.17, 15) is 22.0 Å². The van der Waals surface area contributed by atoms with Gasteiger partial charge >= 0.3 is 12.1 Å². The predicted octanol–water partition coefficient (Wildman–Crippen LogP) is 4.14. The first-order valence-corrected chi connectivity index (χ1v) is 4.61. The molecule has 0 spiro atoms. The van der Waals surface area contributed by atoms with Gasteiger partial charge in [-0.3, -0.25) is 0 Å². The molecule has 2 rings (SSSR count). The number of halogens is 6. The minimum Gasteiger partial charge on any atom is -0.435 e. The van der Waals surface area contributed by atoms with Crippen LogP contribution in [0.4, 0.5) is 22.0 Å². The van der Waals surface area contributed by atoms with Crippen molar-refractivity contribution < 1.29 is 26.4 Å². The van der Waals surface area contributed by atoms with Gasteiger partial charge in [-0.25, -0.2) is 4.98 Å². The van der Waals surface area contributed by atoms with Crippen molar-refractivity contribution in [2.45, 2.75) is 12.1 Å². The van der Waals surface area contributed by atoms with Crippen molar-refractivity contribution in [3.05, 3.63) is 29.1 Å². The van der Waals surface area contributed by atoms with Crippen LogP contribution in [-0.2, 0) is 5.92 Å². The molecule has 1 heterocycles. The zero-order valence-corrected chi connectivity index (χ0v) is 8.61. The number of hydrogen-bond donors (Lipinski definition) is 0. The van der Waals surface area contributed by atoms with Crippen molar-refractivity contribution in [3.63, 3.8) is 0 Å². The summed E-state index contributed by atoms with van der Waals surface area (Å²) in [6.45, 7) is 0. The molecule has 0 saturated carbocycles. The molecule has 0 atom stereocenters. The number of benzene rings is 1. The fraction of sp³-hybridized carbons (Fsp3) is 0.222. The standard InChI is InChI=1S/C9H3ClF5NO/c10-4-1-2-6-5(3-4)16-7(17-6)8(11,12)9(13,14)15/h1-3H. The second kappa shape index (κ2) is 3.56. The summed E-state index contributed by atoms with van der Waals surface area (Å²) in [6.07, 6.45) is -5.75. The fourth-order valence-electron chi connectivity index (χ4n) is 1.16. The van der Waals surface area contributed by atoms with E-state index in [1.807, 2.05) is 0 Å². The summed E-state index contributed by atoms with van der Waals surface area (Å²) in [5, 5.41) is 0.160. The lowest BCUT2D eigenvalue weighted by Gasteiger charge is -2.15. The Balaban J connectivity index is 2.57. The molecule has 0 aliphatic carbocycles. The summed E-state index contributed by atoms with van der Waals surface area (Å²) in [5.41, 5.74) is -0.343. The fourth-order valence-corrected chi connectivity index (χ4v) is 1.32. The van der Waals surface area contributed by atoms with Crippen molar-refractivity contribution in [3.8, 4) is 0 Å². The maximum absolute atomic E-state index is 12.9. The minimum absolute atomic E-state index is 0.156. The normalized spacial score (nSPS) is 13.3. The maximum Gasteiger partial charge on any atom is 0.463 e. The SMILES string of the molecule is FC(F)(F)C(F)(F)c1nc2cc(Cl)ccc2o1. The van der Waals surface area contributed by atoms with Crippen LogP contribution in [0.5, 0.6) is 0 Å². The van der Waals surface area contributed by atoms with Crippen LogP contribution in [0.3, 0.4) is 0 Å². The number of hydrogen-bond acceptors (Lipinski definition) is 2. The van der Waals surface area contributed by atoms with Crippen LogP contribution in [0.15, 0.2) is 22.6 Å². The molecule has 0 amide bonds. The van der Waals surface area contributed by atoms with E-state index < -0.39 is 18.0 Å². The number of alkyl halides is 5. The third-order valence-electron chi connectivity index (χ3n) is 1.97. The quantitative estimate of drug-likeness (QED) is 0.729. The van der Waals surface area contributed by atoms with E-state index in [0.717, 1.165) is 6.07 Å². The van der Waals surface area contributed by atoms with Crippen LogP contribution < -0.4 is 0 Å². The van der Waals surface area contributed by atoms with E-state index in [2.05, 4.69) is 9.40 Å². The zero-order valence-electron chi connectivity index (χ0n) is 7.86. The Morgan fingerprint density at radius 2 is 1.76 bits per heavy atom. The Bertz CT molecular complexity index is 562. The van der Waals surface area contributed by atoms with Gasteiger partial charge in [0.1, 0.15) is 5.52 Å². The van der Waals surface area contributed by atoms with E-state index in [0.29, 0.717) is 0 Å². The van der Waals surface area contributed by atoms with Crippen molar-refractivity contribution >= 4 is 22.7 Å². The zero-order chi connectivity index (χ0) is 12.8. The first-order valence-electron chi connectivity index (χ1n) is 4.23. The highest BCUT2D eigenvalue weighted by atomic mass is 35.5. The summed E-state index contributed by atoms with van der Waals surface area (Å²) >= 11 is 5.54. The molecule has 2 aromatic rings. The topological polar surface area (TPSA) is 26.0 Å². The summed E-state index contributed by atoms with van der Waals surface area (Å²) < 4.78 is 66.3. The molecular formula is C9H3ClF5NO. The van der Waals surface area contributed by atoms with Crippen LogP contribution in [0.25, 0.3) is 11.1 Å². The van der Waals surface area contributed by atoms with Gasteiger partial charge in [0, 0.05) is 5.02 Å². The van der Waals surface area contributed by atoms with Crippen molar-refractivity contribution in [2.24, 2.45) is 0 Å². The van der Waals surface area contributed by atoms with Crippen molar-refractivity contribution in [1.82, 2.24) is 4.98 Å². The summed E-state index contributed by atoms with van der Waals surface area (Å²) in [7, 11) is 0. The van der Waals surface area contributed by atoms with E-state index >= 15 is 0 Å². The molecule has 92 valence electrons. The summed E-state index contributed by atoms with van der Waals surface area (Å²) in [5.74, 6) is -6.82. The van der Waals surface area contributed by atoms with Crippen LogP contribution in [0.1, 0.15) is 5.89 Å². The second-order valence-corrected chi connectivity index (χ2v) is 3.64. The Kier molecular flexibility index (Phi) is 2.53. The second-order valence-electron chi connectivity index (χ2n) is 3.20. The van der Waals surface area contributed by atoms with Gasteiger partial charge in [0.05, 0.1) is 0 Å². The van der Waals surface area contributed by atoms with Gasteiger partial charge in [-0.05, 0) is 18.2 Å². The molecule has 1 aromatic heterocycles. The molecule has 0 unspecified atom stereocenters. The molecular weight excluding hydrogens is 269 g/mol. The lowest BCUT2D eigenvalue weighted by molar-refractivity contribution is -0.297. The molecule has 0 aliphatic heterocycles. The Morgan fingerprint density at radius 1 is 1.12 bits per heavy atom. The molecule has 8 heteroatoms. The van der Waals surface area contributed by atoms with E-state index in [-0.39, 0.29) is 16.1 Å². The number of oxazole rings is 1. The molecule has 0 bridgehead atoms. The predicted molar refractivity (Wildman–Crippen MR) is 49.0 cm³/mol. The first-order chi connectivity index (χ1) is 7.72. The number of rotatable bonds is 1. The average Bonchev–Trinajstić information content (AvgIpc) is 2.58. The molecule has 0 saturated heterocycles. The molecule has 17 heavy (non-hydrogen) atoms. The lowest BCUT2D eigenvalue weighted by Crippen LogP contribution is -2.33. The smallest absolute Gasteiger partial charge is 0.435 e. The number of aromatic nitrogens is 1. The lowest BCUT2D eigenvalue weighted by atomic mass is 10.3. The molecule has 0 N–H and O–H groups in total. The van der Waals surface area contributed by atoms with Gasteiger partial charge < -0.3 is 4.42 Å². The first kappa shape index (κ1) is 12.1. The third-order valence-corrected chi connectivity index (χ3v) is 2.21. The molecule has 2 nitrogen and oxygen atoms in total. The monoisotopic (exact) mass is 271 g/mol. The van der Waals surface area contributed by atoms with Crippen LogP contribution in [0, 0.1) is 0 Å². The third kappa shape index (κ3) is 1.95.